The number of rotatable bonds is 3. The summed E-state index contributed by atoms with van der Waals surface area (Å²) in [5, 5.41) is 9.20. The third-order valence-electron chi connectivity index (χ3n) is 3.07. The fraction of sp³-hybridized carbons (Fsp3) is 0.385. The van der Waals surface area contributed by atoms with Crippen LogP contribution in [-0.4, -0.2) is 39.1 Å². The Morgan fingerprint density at radius 2 is 2.16 bits per heavy atom. The minimum Gasteiger partial charge on any atom is -0.480 e. The molecule has 1 saturated heterocycles. The van der Waals surface area contributed by atoms with Crippen molar-refractivity contribution >= 4 is 46.2 Å². The quantitative estimate of drug-likeness (QED) is 0.806. The predicted molar refractivity (Wildman–Crippen MR) is 83.3 cm³/mol. The van der Waals surface area contributed by atoms with Gasteiger partial charge in [-0.1, -0.05) is 19.1 Å². The van der Waals surface area contributed by atoms with Crippen molar-refractivity contribution in [3.63, 3.8) is 0 Å². The Hall–Kier alpha value is -0.760. The summed E-state index contributed by atoms with van der Waals surface area (Å²) in [5.41, 5.74) is 0.579. The lowest BCUT2D eigenvalue weighted by Crippen LogP contribution is -2.45. The average Bonchev–Trinajstić information content (AvgIpc) is 2.82. The molecule has 0 spiro atoms. The van der Waals surface area contributed by atoms with Crippen LogP contribution in [0.3, 0.4) is 0 Å². The highest BCUT2D eigenvalue weighted by molar-refractivity contribution is 14.1. The van der Waals surface area contributed by atoms with E-state index in [0.717, 1.165) is 9.99 Å². The van der Waals surface area contributed by atoms with Gasteiger partial charge < -0.3 is 10.0 Å². The van der Waals surface area contributed by atoms with Crippen molar-refractivity contribution < 1.29 is 14.7 Å². The number of thioether (sulfide) groups is 1. The highest BCUT2D eigenvalue weighted by Gasteiger charge is 2.41. The third-order valence-corrected chi connectivity index (χ3v) is 5.46. The second-order valence-corrected chi connectivity index (χ2v) is 6.62. The summed E-state index contributed by atoms with van der Waals surface area (Å²) in [6.45, 7) is 1.97. The van der Waals surface area contributed by atoms with E-state index < -0.39 is 12.0 Å². The lowest BCUT2D eigenvalue weighted by molar-refractivity contribution is -0.141. The molecule has 1 aromatic rings. The Labute approximate surface area is 129 Å². The zero-order chi connectivity index (χ0) is 14.0. The number of carboxylic acids is 1. The predicted octanol–water partition coefficient (Wildman–Crippen LogP) is 2.67. The first-order valence-corrected chi connectivity index (χ1v) is 8.10. The van der Waals surface area contributed by atoms with E-state index in [2.05, 4.69) is 22.6 Å². The van der Waals surface area contributed by atoms with Gasteiger partial charge in [-0.3, -0.25) is 4.79 Å². The van der Waals surface area contributed by atoms with Crippen molar-refractivity contribution in [1.82, 2.24) is 4.90 Å². The average molecular weight is 391 g/mol. The summed E-state index contributed by atoms with van der Waals surface area (Å²) < 4.78 is 0.848. The van der Waals surface area contributed by atoms with Crippen LogP contribution in [0.25, 0.3) is 0 Å². The first kappa shape index (κ1) is 14.6. The number of carbonyl (C=O) groups is 2. The van der Waals surface area contributed by atoms with Gasteiger partial charge >= 0.3 is 5.97 Å². The van der Waals surface area contributed by atoms with Crippen molar-refractivity contribution in [3.05, 3.63) is 33.4 Å². The standard InChI is InChI=1S/C13H14INO3S/c1-2-11-15(10(7-19-11)13(17)18)12(16)8-5-3-4-6-9(8)14/h3-6,10-11H,2,7H2,1H3,(H,17,18). The van der Waals surface area contributed by atoms with Gasteiger partial charge in [-0.05, 0) is 41.1 Å². The number of carbonyl (C=O) groups excluding carboxylic acids is 1. The number of benzene rings is 1. The molecule has 6 heteroatoms. The van der Waals surface area contributed by atoms with Crippen LogP contribution in [0.4, 0.5) is 0 Å². The van der Waals surface area contributed by atoms with Gasteiger partial charge in [0.1, 0.15) is 6.04 Å². The van der Waals surface area contributed by atoms with Gasteiger partial charge in [-0.15, -0.1) is 11.8 Å². The highest BCUT2D eigenvalue weighted by Crippen LogP contribution is 2.33. The highest BCUT2D eigenvalue weighted by atomic mass is 127. The lowest BCUT2D eigenvalue weighted by Gasteiger charge is -2.27. The van der Waals surface area contributed by atoms with Crippen LogP contribution in [0.5, 0.6) is 0 Å². The second kappa shape index (κ2) is 6.13. The molecular weight excluding hydrogens is 377 g/mol. The van der Waals surface area contributed by atoms with Crippen LogP contribution in [0.15, 0.2) is 24.3 Å². The molecule has 2 atom stereocenters. The molecule has 1 N–H and O–H groups in total. The maximum Gasteiger partial charge on any atom is 0.327 e. The number of aliphatic carboxylic acids is 1. The number of hydrogen-bond donors (Lipinski definition) is 1. The molecular formula is C13H14INO3S. The van der Waals surface area contributed by atoms with E-state index in [-0.39, 0.29) is 11.3 Å². The van der Waals surface area contributed by atoms with Crippen molar-refractivity contribution in [2.24, 2.45) is 0 Å². The van der Waals surface area contributed by atoms with E-state index in [1.54, 1.807) is 12.1 Å². The molecule has 1 amide bonds. The monoisotopic (exact) mass is 391 g/mol. The number of hydrogen-bond acceptors (Lipinski definition) is 3. The van der Waals surface area contributed by atoms with Crippen LogP contribution in [-0.2, 0) is 4.79 Å². The van der Waals surface area contributed by atoms with Gasteiger partial charge in [0.2, 0.25) is 0 Å². The summed E-state index contributed by atoms with van der Waals surface area (Å²) in [5.74, 6) is -0.653. The number of amides is 1. The molecule has 2 rings (SSSR count). The Bertz CT molecular complexity index is 508. The summed E-state index contributed by atoms with van der Waals surface area (Å²) in [6.07, 6.45) is 0.754. The molecule has 19 heavy (non-hydrogen) atoms. The van der Waals surface area contributed by atoms with Gasteiger partial charge in [0.15, 0.2) is 0 Å². The SMILES string of the molecule is CCC1SCC(C(=O)O)N1C(=O)c1ccccc1I. The van der Waals surface area contributed by atoms with Crippen molar-refractivity contribution in [2.45, 2.75) is 24.8 Å². The Morgan fingerprint density at radius 1 is 1.47 bits per heavy atom. The molecule has 102 valence electrons. The van der Waals surface area contributed by atoms with E-state index in [0.29, 0.717) is 11.3 Å². The van der Waals surface area contributed by atoms with E-state index in [9.17, 15) is 14.7 Å². The molecule has 1 aliphatic rings. The van der Waals surface area contributed by atoms with Crippen LogP contribution in [0.1, 0.15) is 23.7 Å². The van der Waals surface area contributed by atoms with Crippen LogP contribution in [0, 0.1) is 3.57 Å². The number of carboxylic acid groups (broad SMARTS) is 1. The molecule has 0 bridgehead atoms. The molecule has 2 unspecified atom stereocenters. The summed E-state index contributed by atoms with van der Waals surface area (Å²) in [4.78, 5) is 25.4. The minimum absolute atomic E-state index is 0.0513. The molecule has 1 heterocycles. The zero-order valence-corrected chi connectivity index (χ0v) is 13.3. The lowest BCUT2D eigenvalue weighted by atomic mass is 10.1. The van der Waals surface area contributed by atoms with Crippen molar-refractivity contribution in [3.8, 4) is 0 Å². The first-order valence-electron chi connectivity index (χ1n) is 5.97. The summed E-state index contributed by atoms with van der Waals surface area (Å²) >= 11 is 3.64. The normalized spacial score (nSPS) is 22.5. The Kier molecular flexibility index (Phi) is 4.72. The fourth-order valence-electron chi connectivity index (χ4n) is 2.11. The van der Waals surface area contributed by atoms with Gasteiger partial charge in [0, 0.05) is 9.32 Å². The van der Waals surface area contributed by atoms with Crippen molar-refractivity contribution in [1.29, 1.82) is 0 Å². The third kappa shape index (κ3) is 2.89. The van der Waals surface area contributed by atoms with E-state index in [1.165, 1.54) is 16.7 Å². The summed E-state index contributed by atoms with van der Waals surface area (Å²) in [6, 6.07) is 6.55. The van der Waals surface area contributed by atoms with Crippen molar-refractivity contribution in [2.75, 3.05) is 5.75 Å². The minimum atomic E-state index is -0.928. The van der Waals surface area contributed by atoms with Gasteiger partial charge in [-0.25, -0.2) is 4.79 Å². The van der Waals surface area contributed by atoms with Crippen LogP contribution >= 0.6 is 34.4 Å². The van der Waals surface area contributed by atoms with E-state index in [4.69, 9.17) is 0 Å². The van der Waals surface area contributed by atoms with E-state index >= 15 is 0 Å². The Morgan fingerprint density at radius 3 is 2.74 bits per heavy atom. The van der Waals surface area contributed by atoms with Gasteiger partial charge in [-0.2, -0.15) is 0 Å². The molecule has 0 aliphatic carbocycles. The van der Waals surface area contributed by atoms with Crippen LogP contribution in [0.2, 0.25) is 0 Å². The number of nitrogens with zero attached hydrogens (tertiary/aromatic N) is 1. The van der Waals surface area contributed by atoms with E-state index in [1.807, 2.05) is 19.1 Å². The maximum atomic E-state index is 12.6. The summed E-state index contributed by atoms with van der Waals surface area (Å²) in [7, 11) is 0. The zero-order valence-electron chi connectivity index (χ0n) is 10.4. The topological polar surface area (TPSA) is 57.6 Å². The van der Waals surface area contributed by atoms with Gasteiger partial charge in [0.05, 0.1) is 10.9 Å². The molecule has 0 aromatic heterocycles. The van der Waals surface area contributed by atoms with Gasteiger partial charge in [0.25, 0.3) is 5.91 Å². The first-order chi connectivity index (χ1) is 9.06. The fourth-order valence-corrected chi connectivity index (χ4v) is 4.08. The molecule has 4 nitrogen and oxygen atoms in total. The maximum absolute atomic E-state index is 12.6. The molecule has 0 saturated carbocycles. The second-order valence-electron chi connectivity index (χ2n) is 4.24. The molecule has 1 aliphatic heterocycles. The Balaban J connectivity index is 2.34. The van der Waals surface area contributed by atoms with Crippen LogP contribution < -0.4 is 0 Å². The number of halogens is 1. The molecule has 1 aromatic carbocycles. The largest absolute Gasteiger partial charge is 0.480 e. The molecule has 1 fully saturated rings. The smallest absolute Gasteiger partial charge is 0.327 e. The molecule has 0 radical (unpaired) electrons.